The van der Waals surface area contributed by atoms with E-state index in [-0.39, 0.29) is 54.4 Å². The summed E-state index contributed by atoms with van der Waals surface area (Å²) >= 11 is 0. The summed E-state index contributed by atoms with van der Waals surface area (Å²) in [5.41, 5.74) is 2.50. The summed E-state index contributed by atoms with van der Waals surface area (Å²) in [5.74, 6) is -0.335. The number of carbonyl (C=O) groups is 2. The third-order valence-electron chi connectivity index (χ3n) is 12.9. The van der Waals surface area contributed by atoms with Crippen molar-refractivity contribution in [2.75, 3.05) is 55.5 Å². The zero-order valence-electron chi connectivity index (χ0n) is 33.7. The van der Waals surface area contributed by atoms with E-state index in [2.05, 4.69) is 20.4 Å². The minimum absolute atomic E-state index is 0.0204. The number of anilines is 3. The number of benzene rings is 1. The normalized spacial score (nSPS) is 24.0. The molecule has 314 valence electrons. The van der Waals surface area contributed by atoms with E-state index in [0.29, 0.717) is 77.0 Å². The first-order valence-corrected chi connectivity index (χ1v) is 20.6. The highest BCUT2D eigenvalue weighted by molar-refractivity contribution is 5.95. The van der Waals surface area contributed by atoms with Crippen molar-refractivity contribution in [2.45, 2.75) is 69.4 Å². The van der Waals surface area contributed by atoms with E-state index >= 15 is 8.78 Å². The maximum Gasteiger partial charge on any atom is 0.245 e. The number of imidazole rings is 1. The Morgan fingerprint density at radius 1 is 0.885 bits per heavy atom. The van der Waals surface area contributed by atoms with Crippen LogP contribution in [-0.4, -0.2) is 131 Å². The highest BCUT2D eigenvalue weighted by Crippen LogP contribution is 2.42. The average molecular weight is 834 g/mol. The van der Waals surface area contributed by atoms with Crippen LogP contribution < -0.4 is 15.1 Å². The SMILES string of the molecule is CO[C@H]1CN(C)C(=O)[C@@H]2C[C@@H](CN2c2nc(N3[C@H]4C[C@@H]3C(=O)N(CC3CC3)C4)nc3c2cnn3-c2ncc(F)cc2F)Nc2cccc(n2)-c2cc(F)cc3nc(C)n(c23)C1. The van der Waals surface area contributed by atoms with E-state index in [1.54, 1.807) is 19.1 Å². The van der Waals surface area contributed by atoms with E-state index in [4.69, 9.17) is 19.7 Å². The molecule has 5 aliphatic heterocycles. The van der Waals surface area contributed by atoms with E-state index in [1.165, 1.54) is 23.0 Å². The summed E-state index contributed by atoms with van der Waals surface area (Å²) in [6.45, 7) is 3.94. The monoisotopic (exact) mass is 833 g/mol. The molecule has 6 aromatic rings. The first-order chi connectivity index (χ1) is 29.5. The standard InChI is InChI=1S/C42H42F3N13O3/c1-21-48-32-11-23(43)9-28-31-5-4-6-35(50-31)49-25-12-33(40(59)53(2)19-27(61-3)20-55(21)36(28)32)56(17-25)37-29-15-47-58(39-30(45)10-24(44)14-46-39)38(29)52-42(51-37)57-26-13-34(57)41(60)54(18-26)16-22-7-8-22/h4-6,9-11,14-15,22,25-27,33-34H,7-8,12-13,16-20H2,1-3H3,(H,49,50)/t25-,26-,27-,33-,34+/m0/s1. The number of piperidine rings is 1. The Hall–Kier alpha value is -6.37. The van der Waals surface area contributed by atoms with E-state index in [9.17, 15) is 14.0 Å². The molecule has 4 saturated heterocycles. The third-order valence-corrected chi connectivity index (χ3v) is 12.9. The molecule has 1 aliphatic carbocycles. The summed E-state index contributed by atoms with van der Waals surface area (Å²) in [7, 11) is 3.33. The number of ether oxygens (including phenoxy) is 1. The predicted octanol–water partition coefficient (Wildman–Crippen LogP) is 4.09. The topological polar surface area (TPSA) is 156 Å². The van der Waals surface area contributed by atoms with Gasteiger partial charge in [0.1, 0.15) is 41.2 Å². The number of rotatable bonds is 6. The number of methoxy groups -OCH3 is 1. The lowest BCUT2D eigenvalue weighted by atomic mass is 9.87. The Morgan fingerprint density at radius 2 is 1.74 bits per heavy atom. The number of hydrogen-bond acceptors (Lipinski definition) is 12. The van der Waals surface area contributed by atoms with Gasteiger partial charge in [-0.25, -0.2) is 28.1 Å². The molecule has 0 radical (unpaired) electrons. The number of piperazine rings is 1. The zero-order chi connectivity index (χ0) is 41.8. The van der Waals surface area contributed by atoms with Crippen LogP contribution in [0.3, 0.4) is 0 Å². The van der Waals surface area contributed by atoms with Crippen LogP contribution in [0.4, 0.5) is 30.8 Å². The Kier molecular flexibility index (Phi) is 8.70. The number of likely N-dealkylation sites (N-methyl/N-ethyl adjacent to an activating group) is 1. The van der Waals surface area contributed by atoms with E-state index < -0.39 is 35.6 Å². The molecule has 1 saturated carbocycles. The van der Waals surface area contributed by atoms with Crippen LogP contribution in [-0.2, 0) is 20.9 Å². The van der Waals surface area contributed by atoms with Gasteiger partial charge in [-0.05, 0) is 56.7 Å². The largest absolute Gasteiger partial charge is 0.378 e. The van der Waals surface area contributed by atoms with E-state index in [0.717, 1.165) is 31.6 Å². The summed E-state index contributed by atoms with van der Waals surface area (Å²) < 4.78 is 53.8. The van der Waals surface area contributed by atoms with Crippen LogP contribution in [0.1, 0.15) is 31.5 Å². The summed E-state index contributed by atoms with van der Waals surface area (Å²) in [5, 5.41) is 8.44. The Morgan fingerprint density at radius 3 is 2.52 bits per heavy atom. The Balaban J connectivity index is 1.03. The third kappa shape index (κ3) is 6.30. The van der Waals surface area contributed by atoms with Gasteiger partial charge in [0.05, 0.1) is 53.2 Å². The molecule has 6 bridgehead atoms. The Bertz CT molecular complexity index is 2780. The highest BCUT2D eigenvalue weighted by atomic mass is 19.1. The number of amides is 2. The molecule has 5 atom stereocenters. The van der Waals surface area contributed by atoms with Crippen molar-refractivity contribution in [2.24, 2.45) is 5.92 Å². The molecule has 1 N–H and O–H groups in total. The van der Waals surface area contributed by atoms with Gasteiger partial charge >= 0.3 is 0 Å². The lowest BCUT2D eigenvalue weighted by Crippen LogP contribution is -2.72. The second-order valence-corrected chi connectivity index (χ2v) is 16.9. The van der Waals surface area contributed by atoms with Crippen molar-refractivity contribution < 1.29 is 27.5 Å². The number of halogens is 3. The minimum atomic E-state index is -0.939. The zero-order valence-corrected chi connectivity index (χ0v) is 33.7. The molecule has 10 heterocycles. The van der Waals surface area contributed by atoms with Gasteiger partial charge in [0.15, 0.2) is 17.3 Å². The van der Waals surface area contributed by atoms with Gasteiger partial charge in [0, 0.05) is 64.1 Å². The number of carbonyl (C=O) groups excluding carboxylic acids is 2. The maximum absolute atomic E-state index is 15.4. The van der Waals surface area contributed by atoms with Crippen molar-refractivity contribution in [3.05, 3.63) is 72.1 Å². The molecule has 6 aliphatic rings. The van der Waals surface area contributed by atoms with Crippen molar-refractivity contribution in [1.82, 2.24) is 49.1 Å². The molecule has 0 unspecified atom stereocenters. The second-order valence-electron chi connectivity index (χ2n) is 16.9. The number of hydrogen-bond donors (Lipinski definition) is 1. The Labute approximate surface area is 347 Å². The number of fused-ring (bicyclic) bond motifs is 8. The van der Waals surface area contributed by atoms with Crippen LogP contribution >= 0.6 is 0 Å². The number of pyridine rings is 2. The molecule has 16 nitrogen and oxygen atoms in total. The summed E-state index contributed by atoms with van der Waals surface area (Å²) in [4.78, 5) is 59.8. The van der Waals surface area contributed by atoms with Crippen molar-refractivity contribution >= 4 is 51.5 Å². The first-order valence-electron chi connectivity index (χ1n) is 20.6. The van der Waals surface area contributed by atoms with Gasteiger partial charge in [-0.15, -0.1) is 0 Å². The second kappa shape index (κ2) is 14.1. The summed E-state index contributed by atoms with van der Waals surface area (Å²) in [6, 6.07) is 7.50. The van der Waals surface area contributed by atoms with Gasteiger partial charge in [0.25, 0.3) is 0 Å². The molecule has 5 fully saturated rings. The fraction of sp³-hybridized carbons (Fsp3) is 0.429. The highest BCUT2D eigenvalue weighted by Gasteiger charge is 2.53. The summed E-state index contributed by atoms with van der Waals surface area (Å²) in [6.07, 6.45) is 5.16. The van der Waals surface area contributed by atoms with Gasteiger partial charge in [0.2, 0.25) is 17.8 Å². The molecule has 1 aromatic carbocycles. The number of aryl methyl sites for hydroxylation is 1. The van der Waals surface area contributed by atoms with Crippen LogP contribution in [0.2, 0.25) is 0 Å². The van der Waals surface area contributed by atoms with Gasteiger partial charge in [-0.2, -0.15) is 19.7 Å². The van der Waals surface area contributed by atoms with E-state index in [1.807, 2.05) is 44.4 Å². The number of nitrogens with one attached hydrogen (secondary N) is 1. The van der Waals surface area contributed by atoms with Crippen LogP contribution in [0, 0.1) is 30.3 Å². The quantitative estimate of drug-likeness (QED) is 0.257. The molecule has 0 spiro atoms. The van der Waals surface area contributed by atoms with Gasteiger partial charge < -0.3 is 34.2 Å². The molecule has 12 rings (SSSR count). The molecule has 2 amide bonds. The van der Waals surface area contributed by atoms with Crippen molar-refractivity contribution in [1.29, 1.82) is 0 Å². The minimum Gasteiger partial charge on any atom is -0.378 e. The number of nitrogens with zero attached hydrogens (tertiary/aromatic N) is 12. The lowest BCUT2D eigenvalue weighted by molar-refractivity contribution is -0.140. The van der Waals surface area contributed by atoms with Crippen LogP contribution in [0.15, 0.2) is 48.8 Å². The number of aromatic nitrogens is 8. The van der Waals surface area contributed by atoms with Crippen LogP contribution in [0.25, 0.3) is 39.1 Å². The predicted molar refractivity (Wildman–Crippen MR) is 218 cm³/mol. The molecule has 19 heteroatoms. The smallest absolute Gasteiger partial charge is 0.245 e. The molecular formula is C42H42F3N13O3. The lowest BCUT2D eigenvalue weighted by Gasteiger charge is -2.55. The molecular weight excluding hydrogens is 792 g/mol. The first kappa shape index (κ1) is 37.6. The fourth-order valence-corrected chi connectivity index (χ4v) is 9.66. The molecule has 5 aromatic heterocycles. The van der Waals surface area contributed by atoms with Gasteiger partial charge in [-0.1, -0.05) is 6.07 Å². The fourth-order valence-electron chi connectivity index (χ4n) is 9.66. The van der Waals surface area contributed by atoms with Crippen LogP contribution in [0.5, 0.6) is 0 Å². The van der Waals surface area contributed by atoms with Crippen molar-refractivity contribution in [3.63, 3.8) is 0 Å². The van der Waals surface area contributed by atoms with Crippen molar-refractivity contribution in [3.8, 4) is 17.1 Å². The van der Waals surface area contributed by atoms with Gasteiger partial charge in [-0.3, -0.25) is 9.59 Å². The average Bonchev–Trinajstić information content (AvgIpc) is 3.65. The molecule has 61 heavy (non-hydrogen) atoms. The maximum atomic E-state index is 15.4.